The molecule has 0 aliphatic heterocycles. The maximum atomic E-state index is 11.5. The number of nitrogens with zero attached hydrogens (tertiary/aromatic N) is 3. The van der Waals surface area contributed by atoms with E-state index in [0.29, 0.717) is 39.7 Å². The van der Waals surface area contributed by atoms with Crippen LogP contribution in [0.1, 0.15) is 17.3 Å². The van der Waals surface area contributed by atoms with Gasteiger partial charge in [0.25, 0.3) is 0 Å². The molecule has 0 fully saturated rings. The van der Waals surface area contributed by atoms with Crippen molar-refractivity contribution in [3.05, 3.63) is 42.0 Å². The van der Waals surface area contributed by atoms with Crippen molar-refractivity contribution in [2.75, 3.05) is 5.75 Å². The van der Waals surface area contributed by atoms with Crippen LogP contribution in [0.15, 0.2) is 51.1 Å². The molecule has 1 aromatic carbocycles. The largest absolute Gasteiger partial charge is 0.453 e. The van der Waals surface area contributed by atoms with E-state index in [1.54, 1.807) is 18.2 Å². The number of thioether (sulfide) groups is 1. The number of nitrogens with one attached hydrogen (secondary N) is 2. The van der Waals surface area contributed by atoms with E-state index in [1.165, 1.54) is 18.7 Å². The number of carbonyl (C=O) groups is 1. The second-order valence-corrected chi connectivity index (χ2v) is 6.22. The predicted octanol–water partition coefficient (Wildman–Crippen LogP) is 1.76. The Hall–Kier alpha value is -3.11. The standard InChI is InChI=1S/C16H17N7O2S/c1-9(24)10-3-2-4-11(7-10)12-5-6-13(25-12)15-19-16(23-22-15)26-8-14(20-17)21-18/h2-7H,8,17-18H2,1H3,(H,20,21)(H,19,22,23). The number of furan rings is 1. The summed E-state index contributed by atoms with van der Waals surface area (Å²) < 4.78 is 5.84. The third-order valence-corrected chi connectivity index (χ3v) is 4.38. The van der Waals surface area contributed by atoms with Gasteiger partial charge < -0.3 is 15.7 Å². The van der Waals surface area contributed by atoms with Crippen molar-refractivity contribution in [1.82, 2.24) is 20.6 Å². The van der Waals surface area contributed by atoms with Crippen LogP contribution in [0.25, 0.3) is 22.9 Å². The number of nitrogens with two attached hydrogens (primary N) is 2. The number of hydrazone groups is 1. The lowest BCUT2D eigenvalue weighted by atomic mass is 10.1. The molecule has 0 bridgehead atoms. The van der Waals surface area contributed by atoms with E-state index >= 15 is 0 Å². The predicted molar refractivity (Wildman–Crippen MR) is 99.2 cm³/mol. The van der Waals surface area contributed by atoms with Crippen LogP contribution < -0.4 is 17.1 Å². The molecule has 3 aromatic rings. The lowest BCUT2D eigenvalue weighted by Crippen LogP contribution is -2.33. The maximum Gasteiger partial charge on any atom is 0.209 e. The molecule has 0 aliphatic rings. The molecular formula is C16H17N7O2S. The Morgan fingerprint density at radius 1 is 1.35 bits per heavy atom. The quantitative estimate of drug-likeness (QED) is 0.128. The Morgan fingerprint density at radius 2 is 2.15 bits per heavy atom. The van der Waals surface area contributed by atoms with Gasteiger partial charge in [-0.3, -0.25) is 9.89 Å². The van der Waals surface area contributed by atoms with Crippen LogP contribution in [0.2, 0.25) is 0 Å². The Morgan fingerprint density at radius 3 is 2.88 bits per heavy atom. The van der Waals surface area contributed by atoms with Gasteiger partial charge in [-0.25, -0.2) is 5.84 Å². The first kappa shape index (κ1) is 17.7. The third kappa shape index (κ3) is 3.92. The molecule has 0 spiro atoms. The molecule has 0 radical (unpaired) electrons. The second-order valence-electron chi connectivity index (χ2n) is 5.28. The minimum Gasteiger partial charge on any atom is -0.453 e. The Labute approximate surface area is 153 Å². The van der Waals surface area contributed by atoms with Gasteiger partial charge in [0, 0.05) is 11.1 Å². The van der Waals surface area contributed by atoms with Gasteiger partial charge in [-0.1, -0.05) is 30.0 Å². The van der Waals surface area contributed by atoms with Gasteiger partial charge in [0.1, 0.15) is 11.6 Å². The molecule has 0 atom stereocenters. The zero-order chi connectivity index (χ0) is 18.5. The monoisotopic (exact) mass is 371 g/mol. The summed E-state index contributed by atoms with van der Waals surface area (Å²) in [6, 6.07) is 10.9. The molecule has 26 heavy (non-hydrogen) atoms. The molecule has 2 aromatic heterocycles. The average Bonchev–Trinajstić information content (AvgIpc) is 3.32. The number of H-pyrrole nitrogens is 1. The van der Waals surface area contributed by atoms with E-state index in [1.807, 2.05) is 18.2 Å². The van der Waals surface area contributed by atoms with Crippen molar-refractivity contribution in [1.29, 1.82) is 0 Å². The Kier molecular flexibility index (Phi) is 5.34. The van der Waals surface area contributed by atoms with Crippen LogP contribution in [0, 0.1) is 0 Å². The molecular weight excluding hydrogens is 354 g/mol. The first-order valence-electron chi connectivity index (χ1n) is 7.61. The SMILES string of the molecule is CC(=O)c1cccc(-c2ccc(-c3nc(SC/C(=N/N)NN)n[nH]3)o2)c1. The van der Waals surface area contributed by atoms with Gasteiger partial charge in [-0.15, -0.1) is 5.10 Å². The lowest BCUT2D eigenvalue weighted by molar-refractivity contribution is 0.101. The van der Waals surface area contributed by atoms with E-state index in [2.05, 4.69) is 25.7 Å². The summed E-state index contributed by atoms with van der Waals surface area (Å²) in [5.41, 5.74) is 3.84. The maximum absolute atomic E-state index is 11.5. The van der Waals surface area contributed by atoms with Crippen molar-refractivity contribution in [3.63, 3.8) is 0 Å². The van der Waals surface area contributed by atoms with Crippen molar-refractivity contribution in [2.24, 2.45) is 16.8 Å². The minimum atomic E-state index is 0.00267. The minimum absolute atomic E-state index is 0.00267. The van der Waals surface area contributed by atoms with Crippen LogP contribution in [-0.4, -0.2) is 32.6 Å². The molecule has 2 heterocycles. The van der Waals surface area contributed by atoms with Crippen molar-refractivity contribution in [3.8, 4) is 22.9 Å². The van der Waals surface area contributed by atoms with Crippen LogP contribution in [-0.2, 0) is 0 Å². The molecule has 0 amide bonds. The number of Topliss-reactive ketones (excluding diaryl/α,β-unsaturated/α-hetero) is 1. The molecule has 6 N–H and O–H groups in total. The Bertz CT molecular complexity index is 947. The van der Waals surface area contributed by atoms with E-state index in [-0.39, 0.29) is 5.78 Å². The number of hydrazine groups is 1. The topological polar surface area (TPSA) is 148 Å². The number of benzene rings is 1. The highest BCUT2D eigenvalue weighted by atomic mass is 32.2. The molecule has 134 valence electrons. The van der Waals surface area contributed by atoms with Crippen LogP contribution >= 0.6 is 11.8 Å². The number of amidine groups is 1. The van der Waals surface area contributed by atoms with Crippen LogP contribution in [0.5, 0.6) is 0 Å². The fourth-order valence-corrected chi connectivity index (χ4v) is 2.87. The number of hydrogen-bond donors (Lipinski definition) is 4. The van der Waals surface area contributed by atoms with Crippen molar-refractivity contribution < 1.29 is 9.21 Å². The fourth-order valence-electron chi connectivity index (χ4n) is 2.18. The second kappa shape index (κ2) is 7.85. The summed E-state index contributed by atoms with van der Waals surface area (Å²) in [5, 5.41) is 10.9. The zero-order valence-electron chi connectivity index (χ0n) is 13.9. The highest BCUT2D eigenvalue weighted by Gasteiger charge is 2.13. The lowest BCUT2D eigenvalue weighted by Gasteiger charge is -2.00. The Balaban J connectivity index is 1.76. The summed E-state index contributed by atoms with van der Waals surface area (Å²) in [6.45, 7) is 1.53. The molecule has 3 rings (SSSR count). The summed E-state index contributed by atoms with van der Waals surface area (Å²) in [7, 11) is 0. The third-order valence-electron chi connectivity index (χ3n) is 3.52. The molecule has 0 saturated heterocycles. The van der Waals surface area contributed by atoms with Gasteiger partial charge in [-0.2, -0.15) is 10.1 Å². The number of rotatable bonds is 6. The fraction of sp³-hybridized carbons (Fsp3) is 0.125. The van der Waals surface area contributed by atoms with Gasteiger partial charge >= 0.3 is 0 Å². The highest BCUT2D eigenvalue weighted by molar-refractivity contribution is 7.99. The van der Waals surface area contributed by atoms with E-state index < -0.39 is 0 Å². The number of ketones is 1. The summed E-state index contributed by atoms with van der Waals surface area (Å²) in [4.78, 5) is 15.9. The first-order chi connectivity index (χ1) is 12.6. The van der Waals surface area contributed by atoms with Crippen LogP contribution in [0.3, 0.4) is 0 Å². The van der Waals surface area contributed by atoms with Gasteiger partial charge in [0.2, 0.25) is 5.16 Å². The summed E-state index contributed by atoms with van der Waals surface area (Å²) in [5.74, 6) is 13.0. The van der Waals surface area contributed by atoms with E-state index in [0.717, 1.165) is 5.56 Å². The number of aromatic amines is 1. The van der Waals surface area contributed by atoms with Gasteiger partial charge in [0.05, 0.1) is 5.75 Å². The molecule has 9 nitrogen and oxygen atoms in total. The smallest absolute Gasteiger partial charge is 0.209 e. The first-order valence-corrected chi connectivity index (χ1v) is 8.59. The zero-order valence-corrected chi connectivity index (χ0v) is 14.7. The number of aromatic nitrogens is 3. The normalized spacial score (nSPS) is 11.5. The molecule has 0 unspecified atom stereocenters. The molecule has 0 aliphatic carbocycles. The number of hydrogen-bond acceptors (Lipinski definition) is 8. The average molecular weight is 371 g/mol. The van der Waals surface area contributed by atoms with E-state index in [4.69, 9.17) is 16.1 Å². The molecule has 0 saturated carbocycles. The number of carbonyl (C=O) groups excluding carboxylic acids is 1. The molecule has 10 heteroatoms. The van der Waals surface area contributed by atoms with Gasteiger partial charge in [0.15, 0.2) is 17.4 Å². The van der Waals surface area contributed by atoms with Crippen molar-refractivity contribution in [2.45, 2.75) is 12.1 Å². The van der Waals surface area contributed by atoms with Gasteiger partial charge in [-0.05, 0) is 25.1 Å². The van der Waals surface area contributed by atoms with Crippen LogP contribution in [0.4, 0.5) is 0 Å². The highest BCUT2D eigenvalue weighted by Crippen LogP contribution is 2.28. The summed E-state index contributed by atoms with van der Waals surface area (Å²) in [6.07, 6.45) is 0. The summed E-state index contributed by atoms with van der Waals surface area (Å²) >= 11 is 1.32. The van der Waals surface area contributed by atoms with Crippen molar-refractivity contribution >= 4 is 23.4 Å². The van der Waals surface area contributed by atoms with E-state index in [9.17, 15) is 4.79 Å².